The van der Waals surface area contributed by atoms with Crippen molar-refractivity contribution in [2.45, 2.75) is 18.9 Å². The van der Waals surface area contributed by atoms with Crippen LogP contribution in [0.4, 0.5) is 5.69 Å². The van der Waals surface area contributed by atoms with Crippen LogP contribution in [-0.4, -0.2) is 16.1 Å². The maximum Gasteiger partial charge on any atom is 0.171 e. The van der Waals surface area contributed by atoms with Crippen molar-refractivity contribution in [1.29, 1.82) is 0 Å². The lowest BCUT2D eigenvalue weighted by Crippen LogP contribution is -2.40. The molecule has 3 atom stereocenters. The third kappa shape index (κ3) is 2.10. The number of benzene rings is 1. The van der Waals surface area contributed by atoms with Gasteiger partial charge in [-0.15, -0.1) is 0 Å². The molecule has 1 fully saturated rings. The molecule has 4 heteroatoms. The van der Waals surface area contributed by atoms with Crippen molar-refractivity contribution in [3.8, 4) is 0 Å². The number of anilines is 1. The summed E-state index contributed by atoms with van der Waals surface area (Å²) < 4.78 is 0. The van der Waals surface area contributed by atoms with Gasteiger partial charge in [-0.1, -0.05) is 12.2 Å². The average molecular weight is 283 g/mol. The van der Waals surface area contributed by atoms with E-state index in [1.54, 1.807) is 0 Å². The van der Waals surface area contributed by atoms with Gasteiger partial charge in [0.2, 0.25) is 0 Å². The fourth-order valence-electron chi connectivity index (χ4n) is 3.41. The molecule has 1 saturated carbocycles. The fraction of sp³-hybridized carbons (Fsp3) is 0.312. The van der Waals surface area contributed by atoms with Crippen molar-refractivity contribution >= 4 is 33.9 Å². The molecule has 1 heterocycles. The zero-order chi connectivity index (χ0) is 13.5. The number of allylic oxidation sites excluding steroid dienone is 1. The van der Waals surface area contributed by atoms with Crippen LogP contribution in [0.15, 0.2) is 42.6 Å². The molecule has 1 aromatic heterocycles. The van der Waals surface area contributed by atoms with Crippen molar-refractivity contribution in [2.75, 3.05) is 5.32 Å². The number of hydrogen-bond acceptors (Lipinski definition) is 1. The van der Waals surface area contributed by atoms with Crippen molar-refractivity contribution < 1.29 is 0 Å². The third-order valence-electron chi connectivity index (χ3n) is 4.41. The summed E-state index contributed by atoms with van der Waals surface area (Å²) >= 11 is 5.44. The predicted octanol–water partition coefficient (Wildman–Crippen LogP) is 3.42. The number of H-pyrrole nitrogens is 1. The predicted molar refractivity (Wildman–Crippen MR) is 86.8 cm³/mol. The Balaban J connectivity index is 1.43. The molecule has 102 valence electrons. The van der Waals surface area contributed by atoms with E-state index in [4.69, 9.17) is 12.2 Å². The van der Waals surface area contributed by atoms with E-state index in [2.05, 4.69) is 46.0 Å². The van der Waals surface area contributed by atoms with Gasteiger partial charge in [0, 0.05) is 28.8 Å². The van der Waals surface area contributed by atoms with Crippen molar-refractivity contribution in [2.24, 2.45) is 11.8 Å². The van der Waals surface area contributed by atoms with Gasteiger partial charge in [-0.2, -0.15) is 0 Å². The van der Waals surface area contributed by atoms with Crippen molar-refractivity contribution in [3.63, 3.8) is 0 Å². The summed E-state index contributed by atoms with van der Waals surface area (Å²) in [5, 5.41) is 8.68. The van der Waals surface area contributed by atoms with Crippen LogP contribution >= 0.6 is 12.2 Å². The van der Waals surface area contributed by atoms with E-state index < -0.39 is 0 Å². The molecule has 0 saturated heterocycles. The zero-order valence-corrected chi connectivity index (χ0v) is 11.9. The number of rotatable bonds is 2. The third-order valence-corrected chi connectivity index (χ3v) is 4.63. The highest BCUT2D eigenvalue weighted by Gasteiger charge is 2.35. The van der Waals surface area contributed by atoms with Gasteiger partial charge < -0.3 is 15.6 Å². The summed E-state index contributed by atoms with van der Waals surface area (Å²) in [6, 6.07) is 8.80. The lowest BCUT2D eigenvalue weighted by Gasteiger charge is -2.22. The highest BCUT2D eigenvalue weighted by molar-refractivity contribution is 7.80. The van der Waals surface area contributed by atoms with Crippen LogP contribution < -0.4 is 10.6 Å². The van der Waals surface area contributed by atoms with Gasteiger partial charge >= 0.3 is 0 Å². The van der Waals surface area contributed by atoms with Crippen LogP contribution in [0.5, 0.6) is 0 Å². The Hall–Kier alpha value is -1.81. The van der Waals surface area contributed by atoms with Gasteiger partial charge in [-0.05, 0) is 61.2 Å². The molecule has 2 aliphatic rings. The average Bonchev–Trinajstić information content (AvgIpc) is 3.13. The monoisotopic (exact) mass is 283 g/mol. The summed E-state index contributed by atoms with van der Waals surface area (Å²) in [6.45, 7) is 0. The van der Waals surface area contributed by atoms with Gasteiger partial charge in [-0.25, -0.2) is 0 Å². The molecule has 3 nitrogen and oxygen atoms in total. The molecular formula is C16H17N3S. The zero-order valence-electron chi connectivity index (χ0n) is 11.1. The minimum absolute atomic E-state index is 0.501. The molecule has 20 heavy (non-hydrogen) atoms. The first-order valence-corrected chi connectivity index (χ1v) is 7.52. The molecule has 2 aliphatic carbocycles. The largest absolute Gasteiger partial charge is 0.361 e. The fourth-order valence-corrected chi connectivity index (χ4v) is 3.68. The maximum absolute atomic E-state index is 5.44. The first kappa shape index (κ1) is 12.0. The molecule has 0 unspecified atom stereocenters. The van der Waals surface area contributed by atoms with Crippen LogP contribution in [0.25, 0.3) is 10.9 Å². The molecule has 0 spiro atoms. The van der Waals surface area contributed by atoms with E-state index in [0.717, 1.165) is 22.2 Å². The highest BCUT2D eigenvalue weighted by atomic mass is 32.1. The van der Waals surface area contributed by atoms with Gasteiger partial charge in [0.05, 0.1) is 0 Å². The lowest BCUT2D eigenvalue weighted by molar-refractivity contribution is 0.526. The Morgan fingerprint density at radius 1 is 1.20 bits per heavy atom. The maximum atomic E-state index is 5.44. The van der Waals surface area contributed by atoms with E-state index in [1.807, 2.05) is 12.3 Å². The lowest BCUT2D eigenvalue weighted by atomic mass is 10.0. The van der Waals surface area contributed by atoms with E-state index in [-0.39, 0.29) is 0 Å². The molecule has 0 amide bonds. The first-order chi connectivity index (χ1) is 9.78. The normalized spacial score (nSPS) is 27.1. The van der Waals surface area contributed by atoms with Crippen LogP contribution in [-0.2, 0) is 0 Å². The molecule has 2 aromatic rings. The van der Waals surface area contributed by atoms with Crippen molar-refractivity contribution in [1.82, 2.24) is 10.3 Å². The van der Waals surface area contributed by atoms with Crippen LogP contribution in [0.3, 0.4) is 0 Å². The number of nitrogens with one attached hydrogen (secondary N) is 3. The van der Waals surface area contributed by atoms with Crippen LogP contribution in [0.2, 0.25) is 0 Å². The Kier molecular flexibility index (Phi) is 2.77. The summed E-state index contributed by atoms with van der Waals surface area (Å²) in [5.74, 6) is 1.42. The SMILES string of the molecule is S=C(Nc1ccc2[nH]ccc2c1)N[C@@H]1C[C@H]2C=C[C@@H]1C2. The second-order valence-electron chi connectivity index (χ2n) is 5.76. The standard InChI is InChI=1S/C16H17N3S/c20-16(19-15-8-10-1-2-11(15)7-10)18-13-3-4-14-12(9-13)5-6-17-14/h1-6,9-11,15,17H,7-8H2,(H2,18,19,20)/t10-,11+,15+/m0/s1. The molecule has 4 rings (SSSR count). The Morgan fingerprint density at radius 2 is 2.15 bits per heavy atom. The van der Waals surface area contributed by atoms with E-state index in [9.17, 15) is 0 Å². The van der Waals surface area contributed by atoms with E-state index in [0.29, 0.717) is 12.0 Å². The van der Waals surface area contributed by atoms with E-state index in [1.165, 1.54) is 18.2 Å². The topological polar surface area (TPSA) is 39.9 Å². The van der Waals surface area contributed by atoms with Crippen LogP contribution in [0.1, 0.15) is 12.8 Å². The van der Waals surface area contributed by atoms with Gasteiger partial charge in [0.1, 0.15) is 0 Å². The number of fused-ring (bicyclic) bond motifs is 3. The second kappa shape index (κ2) is 4.63. The van der Waals surface area contributed by atoms with Gasteiger partial charge in [-0.3, -0.25) is 0 Å². The van der Waals surface area contributed by atoms with Crippen molar-refractivity contribution in [3.05, 3.63) is 42.6 Å². The first-order valence-electron chi connectivity index (χ1n) is 7.11. The second-order valence-corrected chi connectivity index (χ2v) is 6.17. The number of thiocarbonyl (C=S) groups is 1. The molecule has 1 aromatic carbocycles. The number of aromatic nitrogens is 1. The number of hydrogen-bond donors (Lipinski definition) is 3. The van der Waals surface area contributed by atoms with E-state index >= 15 is 0 Å². The quantitative estimate of drug-likeness (QED) is 0.584. The summed E-state index contributed by atoms with van der Waals surface area (Å²) in [5.41, 5.74) is 2.18. The van der Waals surface area contributed by atoms with Gasteiger partial charge in [0.25, 0.3) is 0 Å². The Labute approximate surface area is 123 Å². The Bertz CT molecular complexity index is 688. The molecule has 0 radical (unpaired) electrons. The smallest absolute Gasteiger partial charge is 0.171 e. The molecule has 2 bridgehead atoms. The molecule has 3 N–H and O–H groups in total. The molecular weight excluding hydrogens is 266 g/mol. The highest BCUT2D eigenvalue weighted by Crippen LogP contribution is 2.38. The number of aromatic amines is 1. The summed E-state index contributed by atoms with van der Waals surface area (Å²) in [6.07, 6.45) is 9.13. The summed E-state index contributed by atoms with van der Waals surface area (Å²) in [7, 11) is 0. The van der Waals surface area contributed by atoms with Crippen LogP contribution in [0, 0.1) is 11.8 Å². The minimum Gasteiger partial charge on any atom is -0.361 e. The molecule has 0 aliphatic heterocycles. The summed E-state index contributed by atoms with van der Waals surface area (Å²) in [4.78, 5) is 3.19. The Morgan fingerprint density at radius 3 is 2.95 bits per heavy atom. The minimum atomic E-state index is 0.501. The van der Waals surface area contributed by atoms with Gasteiger partial charge in [0.15, 0.2) is 5.11 Å².